The number of rotatable bonds is 1. The molecule has 50 valence electrons. The molecule has 0 aliphatic carbocycles. The van der Waals surface area contributed by atoms with Gasteiger partial charge in [0.1, 0.15) is 0 Å². The normalized spacial score (nSPS) is 10.6. The Morgan fingerprint density at radius 2 is 2.22 bits per heavy atom. The van der Waals surface area contributed by atoms with Crippen LogP contribution < -0.4 is 0 Å². The fourth-order valence-corrected chi connectivity index (χ4v) is 0.662. The van der Waals surface area contributed by atoms with Gasteiger partial charge in [0.2, 0.25) is 0 Å². The van der Waals surface area contributed by atoms with Crippen molar-refractivity contribution in [1.82, 2.24) is 9.97 Å². The third kappa shape index (κ3) is 1.38. The molecule has 0 radical (unpaired) electrons. The van der Waals surface area contributed by atoms with Crippen LogP contribution in [0.4, 0.5) is 0 Å². The summed E-state index contributed by atoms with van der Waals surface area (Å²) < 4.78 is 0.387. The van der Waals surface area contributed by atoms with Crippen LogP contribution in [0.25, 0.3) is 0 Å². The number of imidazole rings is 1. The van der Waals surface area contributed by atoms with Crippen LogP contribution in [-0.4, -0.2) is 20.2 Å². The van der Waals surface area contributed by atoms with Crippen molar-refractivity contribution >= 4 is 12.2 Å². The zero-order valence-corrected chi connectivity index (χ0v) is 5.27. The van der Waals surface area contributed by atoms with Crippen molar-refractivity contribution in [3.05, 3.63) is 16.7 Å². The number of hydrogen-bond donors (Lipinski definition) is 4. The van der Waals surface area contributed by atoms with Crippen LogP contribution in [-0.2, 0) is 0 Å². The topological polar surface area (TPSA) is 72.0 Å². The third-order valence-electron chi connectivity index (χ3n) is 0.895. The summed E-state index contributed by atoms with van der Waals surface area (Å²) in [6, 6.07) is 0. The van der Waals surface area contributed by atoms with E-state index in [2.05, 4.69) is 22.2 Å². The minimum absolute atomic E-state index is 0.278. The Morgan fingerprint density at radius 1 is 1.56 bits per heavy atom. The van der Waals surface area contributed by atoms with Gasteiger partial charge in [0.05, 0.1) is 5.69 Å². The first-order valence-corrected chi connectivity index (χ1v) is 2.74. The molecule has 1 aromatic heterocycles. The van der Waals surface area contributed by atoms with E-state index >= 15 is 0 Å². The number of aliphatic hydroxyl groups is 2. The number of aromatic nitrogens is 2. The van der Waals surface area contributed by atoms with E-state index in [0.717, 1.165) is 0 Å². The highest BCUT2D eigenvalue weighted by Gasteiger charge is 2.00. The Kier molecular flexibility index (Phi) is 1.65. The molecule has 0 saturated heterocycles. The number of nitrogens with one attached hydrogen (secondary N) is 2. The van der Waals surface area contributed by atoms with Gasteiger partial charge in [0, 0.05) is 6.20 Å². The molecule has 0 aliphatic heterocycles. The van der Waals surface area contributed by atoms with Gasteiger partial charge in [-0.1, -0.05) is 0 Å². The van der Waals surface area contributed by atoms with Crippen molar-refractivity contribution in [2.24, 2.45) is 0 Å². The van der Waals surface area contributed by atoms with E-state index < -0.39 is 6.29 Å². The molecule has 1 rings (SSSR count). The summed E-state index contributed by atoms with van der Waals surface area (Å²) in [6.07, 6.45) is -0.0644. The molecule has 0 aromatic carbocycles. The maximum absolute atomic E-state index is 8.50. The Balaban J connectivity index is 2.98. The third-order valence-corrected chi connectivity index (χ3v) is 1.11. The molecule has 0 atom stereocenters. The second kappa shape index (κ2) is 2.30. The summed E-state index contributed by atoms with van der Waals surface area (Å²) >= 11 is 4.62. The molecule has 0 unspecified atom stereocenters. The van der Waals surface area contributed by atoms with Crippen molar-refractivity contribution in [1.29, 1.82) is 0 Å². The van der Waals surface area contributed by atoms with Crippen LogP contribution in [0.5, 0.6) is 0 Å². The lowest BCUT2D eigenvalue weighted by atomic mass is 10.5. The van der Waals surface area contributed by atoms with Gasteiger partial charge in [-0.15, -0.1) is 0 Å². The van der Waals surface area contributed by atoms with Crippen LogP contribution in [0.15, 0.2) is 6.20 Å². The minimum Gasteiger partial charge on any atom is -0.363 e. The second-order valence-corrected chi connectivity index (χ2v) is 1.98. The molecule has 4 N–H and O–H groups in total. The summed E-state index contributed by atoms with van der Waals surface area (Å²) in [5.41, 5.74) is 0.278. The van der Waals surface area contributed by atoms with E-state index in [1.165, 1.54) is 6.20 Å². The number of H-pyrrole nitrogens is 2. The highest BCUT2D eigenvalue weighted by atomic mass is 32.1. The quantitative estimate of drug-likeness (QED) is 0.334. The van der Waals surface area contributed by atoms with Gasteiger partial charge >= 0.3 is 0 Å². The van der Waals surface area contributed by atoms with Crippen LogP contribution >= 0.6 is 12.2 Å². The summed E-state index contributed by atoms with van der Waals surface area (Å²) in [4.78, 5) is 5.12. The van der Waals surface area contributed by atoms with Crippen LogP contribution in [0.3, 0.4) is 0 Å². The fourth-order valence-electron chi connectivity index (χ4n) is 0.486. The first-order chi connectivity index (χ1) is 4.20. The fraction of sp³-hybridized carbons (Fsp3) is 0.250. The summed E-state index contributed by atoms with van der Waals surface area (Å²) in [5, 5.41) is 17.0. The number of aliphatic hydroxyl groups excluding tert-OH is 1. The van der Waals surface area contributed by atoms with Crippen LogP contribution in [0.2, 0.25) is 0 Å². The van der Waals surface area contributed by atoms with Crippen molar-refractivity contribution in [3.63, 3.8) is 0 Å². The lowest BCUT2D eigenvalue weighted by Crippen LogP contribution is -1.93. The predicted octanol–water partition coefficient (Wildman–Crippen LogP) is 0.0555. The van der Waals surface area contributed by atoms with Gasteiger partial charge in [0.15, 0.2) is 11.1 Å². The summed E-state index contributed by atoms with van der Waals surface area (Å²) in [5.74, 6) is 0. The highest BCUT2D eigenvalue weighted by molar-refractivity contribution is 7.71. The highest BCUT2D eigenvalue weighted by Crippen LogP contribution is 2.02. The van der Waals surface area contributed by atoms with Gasteiger partial charge in [0.25, 0.3) is 0 Å². The SMILES string of the molecule is OC(O)c1c[nH]c(=S)[nH]1. The van der Waals surface area contributed by atoms with Crippen molar-refractivity contribution in [2.45, 2.75) is 6.29 Å². The molecule has 0 amide bonds. The van der Waals surface area contributed by atoms with Crippen molar-refractivity contribution in [3.8, 4) is 0 Å². The molecule has 9 heavy (non-hydrogen) atoms. The van der Waals surface area contributed by atoms with E-state index in [-0.39, 0.29) is 5.69 Å². The van der Waals surface area contributed by atoms with Gasteiger partial charge in [-0.2, -0.15) is 0 Å². The van der Waals surface area contributed by atoms with E-state index in [1.807, 2.05) is 0 Å². The molecule has 4 nitrogen and oxygen atoms in total. The van der Waals surface area contributed by atoms with Gasteiger partial charge < -0.3 is 20.2 Å². The zero-order chi connectivity index (χ0) is 6.85. The molecular formula is C4H6N2O2S. The number of aromatic amines is 2. The monoisotopic (exact) mass is 146 g/mol. The zero-order valence-electron chi connectivity index (χ0n) is 4.46. The van der Waals surface area contributed by atoms with Crippen molar-refractivity contribution < 1.29 is 10.2 Å². The molecule has 5 heteroatoms. The van der Waals surface area contributed by atoms with Gasteiger partial charge in [-0.05, 0) is 12.2 Å². The Hall–Kier alpha value is -0.650. The van der Waals surface area contributed by atoms with Crippen molar-refractivity contribution in [2.75, 3.05) is 0 Å². The molecule has 0 aliphatic rings. The maximum Gasteiger partial charge on any atom is 0.195 e. The number of hydrogen-bond acceptors (Lipinski definition) is 3. The first-order valence-electron chi connectivity index (χ1n) is 2.34. The standard InChI is InChI=1S/C4H6N2O2S/c7-3(8)2-1-5-4(9)6-2/h1,3,7-8H,(H2,5,6,9). The summed E-state index contributed by atoms with van der Waals surface area (Å²) in [6.45, 7) is 0. The first kappa shape index (κ1) is 6.47. The maximum atomic E-state index is 8.50. The van der Waals surface area contributed by atoms with E-state index in [4.69, 9.17) is 10.2 Å². The Bertz CT molecular complexity index is 239. The minimum atomic E-state index is -1.47. The second-order valence-electron chi connectivity index (χ2n) is 1.57. The van der Waals surface area contributed by atoms with E-state index in [0.29, 0.717) is 4.77 Å². The van der Waals surface area contributed by atoms with E-state index in [9.17, 15) is 0 Å². The average Bonchev–Trinajstić information content (AvgIpc) is 2.14. The smallest absolute Gasteiger partial charge is 0.195 e. The summed E-state index contributed by atoms with van der Waals surface area (Å²) in [7, 11) is 0. The molecule has 1 aromatic rings. The molecule has 0 bridgehead atoms. The molecule has 0 spiro atoms. The molecular weight excluding hydrogens is 140 g/mol. The Labute approximate surface area is 56.2 Å². The van der Waals surface area contributed by atoms with Crippen LogP contribution in [0.1, 0.15) is 12.0 Å². The molecule has 0 saturated carbocycles. The Morgan fingerprint density at radius 3 is 2.44 bits per heavy atom. The lowest BCUT2D eigenvalue weighted by molar-refractivity contribution is -0.0455. The van der Waals surface area contributed by atoms with Crippen LogP contribution in [0, 0.1) is 4.77 Å². The molecule has 0 fully saturated rings. The van der Waals surface area contributed by atoms with Gasteiger partial charge in [-0.3, -0.25) is 0 Å². The molecule has 1 heterocycles. The van der Waals surface area contributed by atoms with E-state index in [1.54, 1.807) is 0 Å². The largest absolute Gasteiger partial charge is 0.363 e. The van der Waals surface area contributed by atoms with Gasteiger partial charge in [-0.25, -0.2) is 0 Å². The predicted molar refractivity (Wildman–Crippen MR) is 33.2 cm³/mol. The average molecular weight is 146 g/mol. The lowest BCUT2D eigenvalue weighted by Gasteiger charge is -1.94.